The second kappa shape index (κ2) is 16.3. The van der Waals surface area contributed by atoms with Crippen molar-refractivity contribution in [3.63, 3.8) is 0 Å². The topological polar surface area (TPSA) is 96.1 Å². The highest BCUT2D eigenvalue weighted by Crippen LogP contribution is 2.35. The van der Waals surface area contributed by atoms with E-state index in [1.807, 2.05) is 56.4 Å². The van der Waals surface area contributed by atoms with E-state index in [0.29, 0.717) is 49.6 Å². The number of carbonyl (C=O) groups excluding carboxylic acids is 1. The van der Waals surface area contributed by atoms with Gasteiger partial charge in [0.15, 0.2) is 6.17 Å². The van der Waals surface area contributed by atoms with Crippen LogP contribution >= 0.6 is 15.9 Å². The maximum absolute atomic E-state index is 13.7. The van der Waals surface area contributed by atoms with Gasteiger partial charge in [-0.2, -0.15) is 23.4 Å². The van der Waals surface area contributed by atoms with Crippen LogP contribution in [-0.4, -0.2) is 65.7 Å². The minimum atomic E-state index is -4.54. The van der Waals surface area contributed by atoms with Crippen LogP contribution in [0.15, 0.2) is 82.1 Å². The molecule has 0 radical (unpaired) electrons. The minimum absolute atomic E-state index is 0.183. The fourth-order valence-corrected chi connectivity index (χ4v) is 4.78. The summed E-state index contributed by atoms with van der Waals surface area (Å²) in [7, 11) is 1.69. The first-order valence-electron chi connectivity index (χ1n) is 13.9. The van der Waals surface area contributed by atoms with Gasteiger partial charge in [-0.15, -0.1) is 5.11 Å². The van der Waals surface area contributed by atoms with Gasteiger partial charge in [-0.1, -0.05) is 66.2 Å². The van der Waals surface area contributed by atoms with Gasteiger partial charge in [-0.05, 0) is 36.6 Å². The molecule has 2 atom stereocenters. The number of aldehydes is 1. The molecular formula is C29H37BrF3N7O2. The van der Waals surface area contributed by atoms with Crippen LogP contribution in [0, 0.1) is 0 Å². The SMILES string of the molecule is CC.CNC1=CCCC(n2nc(C3=CC=C(N4CCOCC4)NC3)cc2C(F)(F)F)N=N1.O=CC1=CC(Br)C=CC=C1. The number of aromatic nitrogens is 2. The van der Waals surface area contributed by atoms with E-state index in [0.717, 1.165) is 35.9 Å². The summed E-state index contributed by atoms with van der Waals surface area (Å²) in [6.45, 7) is 7.29. The summed E-state index contributed by atoms with van der Waals surface area (Å²) in [4.78, 5) is 12.6. The molecule has 1 saturated heterocycles. The van der Waals surface area contributed by atoms with Crippen LogP contribution in [0.1, 0.15) is 44.2 Å². The Morgan fingerprint density at radius 1 is 1.19 bits per heavy atom. The van der Waals surface area contributed by atoms with Crippen LogP contribution < -0.4 is 10.6 Å². The summed E-state index contributed by atoms with van der Waals surface area (Å²) < 4.78 is 47.4. The quantitative estimate of drug-likeness (QED) is 0.304. The maximum atomic E-state index is 13.7. The van der Waals surface area contributed by atoms with E-state index in [2.05, 4.69) is 46.8 Å². The fourth-order valence-electron chi connectivity index (χ4n) is 4.30. The van der Waals surface area contributed by atoms with Crippen molar-refractivity contribution >= 4 is 27.8 Å². The largest absolute Gasteiger partial charge is 0.433 e. The van der Waals surface area contributed by atoms with E-state index < -0.39 is 18.0 Å². The number of carbonyl (C=O) groups is 1. The number of ether oxygens (including phenoxy) is 1. The number of rotatable bonds is 5. The zero-order valence-electron chi connectivity index (χ0n) is 23.9. The van der Waals surface area contributed by atoms with Gasteiger partial charge in [0.05, 0.1) is 23.7 Å². The molecule has 9 nitrogen and oxygen atoms in total. The number of nitrogens with one attached hydrogen (secondary N) is 2. The average molecular weight is 653 g/mol. The van der Waals surface area contributed by atoms with Gasteiger partial charge in [0, 0.05) is 32.3 Å². The third kappa shape index (κ3) is 9.28. The van der Waals surface area contributed by atoms with Crippen molar-refractivity contribution in [2.45, 2.75) is 43.9 Å². The molecule has 2 N–H and O–H groups in total. The highest BCUT2D eigenvalue weighted by molar-refractivity contribution is 9.09. The van der Waals surface area contributed by atoms with Crippen molar-refractivity contribution in [3.05, 3.63) is 83.3 Å². The Hall–Kier alpha value is -3.45. The van der Waals surface area contributed by atoms with Crippen molar-refractivity contribution in [3.8, 4) is 0 Å². The average Bonchev–Trinajstić information content (AvgIpc) is 3.18. The van der Waals surface area contributed by atoms with Gasteiger partial charge in [-0.25, -0.2) is 4.68 Å². The zero-order valence-corrected chi connectivity index (χ0v) is 25.5. The lowest BCUT2D eigenvalue weighted by Gasteiger charge is -2.32. The summed E-state index contributed by atoms with van der Waals surface area (Å²) in [6, 6.07) is 1.09. The van der Waals surface area contributed by atoms with Gasteiger partial charge in [0.25, 0.3) is 0 Å². The van der Waals surface area contributed by atoms with Gasteiger partial charge < -0.3 is 20.3 Å². The zero-order chi connectivity index (χ0) is 30.5. The summed E-state index contributed by atoms with van der Waals surface area (Å²) in [5.74, 6) is 1.49. The Kier molecular flexibility index (Phi) is 12.8. The number of nitrogens with zero attached hydrogens (tertiary/aromatic N) is 5. The Morgan fingerprint density at radius 2 is 1.95 bits per heavy atom. The molecular weight excluding hydrogens is 615 g/mol. The first kappa shape index (κ1) is 33.1. The number of hydrogen-bond donors (Lipinski definition) is 2. The van der Waals surface area contributed by atoms with Crippen LogP contribution in [0.25, 0.3) is 5.57 Å². The molecule has 2 unspecified atom stereocenters. The molecule has 4 heterocycles. The standard InChI is InChI=1S/C19H24F3N7O.C8H7BrO.C2H6/c1-23-16-3-2-4-18(26-25-16)29-15(19(20,21)22)11-14(27-29)13-5-6-17(24-12-13)28-7-9-30-10-8-28;9-8-4-2-1-3-7(5-8)6-10;1-2/h3,5-6,11,18,23-24H,2,4,7-10,12H2,1H3;1-6,8H;1-2H3. The summed E-state index contributed by atoms with van der Waals surface area (Å²) >= 11 is 3.36. The van der Waals surface area contributed by atoms with E-state index in [1.165, 1.54) is 0 Å². The molecule has 228 valence electrons. The monoisotopic (exact) mass is 651 g/mol. The van der Waals surface area contributed by atoms with Gasteiger partial charge in [0.2, 0.25) is 0 Å². The second-order valence-corrected chi connectivity index (χ2v) is 10.2. The molecule has 0 bridgehead atoms. The lowest BCUT2D eigenvalue weighted by molar-refractivity contribution is -0.145. The first-order valence-corrected chi connectivity index (χ1v) is 14.8. The first-order chi connectivity index (χ1) is 20.3. The number of halogens is 4. The third-order valence-electron chi connectivity index (χ3n) is 6.39. The van der Waals surface area contributed by atoms with Crippen molar-refractivity contribution in [1.29, 1.82) is 0 Å². The van der Waals surface area contributed by atoms with Crippen LogP contribution in [0.3, 0.4) is 0 Å². The molecule has 1 aromatic rings. The van der Waals surface area contributed by atoms with Crippen LogP contribution in [0.2, 0.25) is 0 Å². The Balaban J connectivity index is 0.000000340. The van der Waals surface area contributed by atoms with Crippen molar-refractivity contribution < 1.29 is 22.7 Å². The molecule has 5 rings (SSSR count). The second-order valence-electron chi connectivity index (χ2n) is 9.14. The molecule has 1 fully saturated rings. The molecule has 1 aromatic heterocycles. The molecule has 0 saturated carbocycles. The van der Waals surface area contributed by atoms with Crippen LogP contribution in [0.4, 0.5) is 13.2 Å². The highest BCUT2D eigenvalue weighted by Gasteiger charge is 2.38. The molecule has 13 heteroatoms. The molecule has 1 aliphatic carbocycles. The number of morpholine rings is 1. The number of hydrogen-bond acceptors (Lipinski definition) is 8. The van der Waals surface area contributed by atoms with Gasteiger partial charge in [0.1, 0.15) is 23.6 Å². The molecule has 0 amide bonds. The number of azo groups is 1. The summed E-state index contributed by atoms with van der Waals surface area (Å²) in [5, 5.41) is 18.5. The summed E-state index contributed by atoms with van der Waals surface area (Å²) in [5.41, 5.74) is 0.870. The van der Waals surface area contributed by atoms with Gasteiger partial charge in [-0.3, -0.25) is 4.79 Å². The Labute approximate surface area is 252 Å². The van der Waals surface area contributed by atoms with E-state index in [-0.39, 0.29) is 10.5 Å². The number of allylic oxidation sites excluding steroid dienone is 9. The summed E-state index contributed by atoms with van der Waals surface area (Å²) in [6.07, 6.45) is 11.3. The smallest absolute Gasteiger partial charge is 0.378 e. The normalized spacial score (nSPS) is 21.9. The van der Waals surface area contributed by atoms with E-state index >= 15 is 0 Å². The minimum Gasteiger partial charge on any atom is -0.378 e. The van der Waals surface area contributed by atoms with Crippen molar-refractivity contribution in [2.75, 3.05) is 39.9 Å². The lowest BCUT2D eigenvalue weighted by Crippen LogP contribution is -2.41. The molecule has 3 aliphatic heterocycles. The molecule has 0 aromatic carbocycles. The van der Waals surface area contributed by atoms with E-state index in [4.69, 9.17) is 4.74 Å². The predicted octanol–water partition coefficient (Wildman–Crippen LogP) is 5.89. The Bertz CT molecular complexity index is 1270. The van der Waals surface area contributed by atoms with Crippen LogP contribution in [0.5, 0.6) is 0 Å². The molecule has 4 aliphatic rings. The third-order valence-corrected chi connectivity index (χ3v) is 6.96. The van der Waals surface area contributed by atoms with Crippen LogP contribution in [-0.2, 0) is 15.7 Å². The van der Waals surface area contributed by atoms with Crippen molar-refractivity contribution in [1.82, 2.24) is 25.3 Å². The number of dihydropyridines is 1. The molecule has 0 spiro atoms. The predicted molar refractivity (Wildman–Crippen MR) is 160 cm³/mol. The van der Waals surface area contributed by atoms with E-state index in [9.17, 15) is 18.0 Å². The fraction of sp³-hybridized carbons (Fsp3) is 0.448. The maximum Gasteiger partial charge on any atom is 0.433 e. The van der Waals surface area contributed by atoms with Crippen molar-refractivity contribution in [2.24, 2.45) is 10.2 Å². The van der Waals surface area contributed by atoms with Gasteiger partial charge >= 0.3 is 6.18 Å². The van der Waals surface area contributed by atoms with E-state index in [1.54, 1.807) is 13.1 Å². The number of alkyl halides is 4. The highest BCUT2D eigenvalue weighted by atomic mass is 79.9. The molecule has 42 heavy (non-hydrogen) atoms. The Morgan fingerprint density at radius 3 is 2.60 bits per heavy atom. The lowest BCUT2D eigenvalue weighted by atomic mass is 10.1.